The van der Waals surface area contributed by atoms with Crippen LogP contribution in [0, 0.1) is 5.92 Å². The maximum Gasteiger partial charge on any atom is 0.238 e. The van der Waals surface area contributed by atoms with Gasteiger partial charge in [-0.1, -0.05) is 15.9 Å². The average Bonchev–Trinajstić information content (AvgIpc) is 2.99. The summed E-state index contributed by atoms with van der Waals surface area (Å²) in [5.74, 6) is 0.0402. The third-order valence-electron chi connectivity index (χ3n) is 3.94. The number of benzene rings is 1. The quantitative estimate of drug-likeness (QED) is 0.797. The van der Waals surface area contributed by atoms with E-state index in [2.05, 4.69) is 15.9 Å². The maximum atomic E-state index is 12.3. The lowest BCUT2D eigenvalue weighted by Crippen LogP contribution is -2.30. The molecular formula is C13H12BrNO2. The van der Waals surface area contributed by atoms with E-state index in [1.165, 1.54) is 0 Å². The second kappa shape index (κ2) is 3.19. The normalized spacial score (nSPS) is 29.7. The highest BCUT2D eigenvalue weighted by atomic mass is 79.9. The summed E-state index contributed by atoms with van der Waals surface area (Å²) in [7, 11) is 1.78. The molecule has 1 aromatic rings. The Morgan fingerprint density at radius 2 is 2.24 bits per heavy atom. The zero-order valence-electron chi connectivity index (χ0n) is 9.66. The SMILES string of the molecule is CC(=O)[C@@H]1C[C@]12C(=O)N(C)c1ccc(Br)cc12. The highest BCUT2D eigenvalue weighted by molar-refractivity contribution is 9.10. The van der Waals surface area contributed by atoms with Gasteiger partial charge in [0.1, 0.15) is 5.78 Å². The van der Waals surface area contributed by atoms with Crippen LogP contribution in [0.5, 0.6) is 0 Å². The molecule has 3 nitrogen and oxygen atoms in total. The van der Waals surface area contributed by atoms with Crippen LogP contribution in [0.4, 0.5) is 5.69 Å². The van der Waals surface area contributed by atoms with Crippen LogP contribution in [0.2, 0.25) is 0 Å². The lowest BCUT2D eigenvalue weighted by molar-refractivity contribution is -0.124. The Bertz CT molecular complexity index is 554. The topological polar surface area (TPSA) is 37.4 Å². The molecule has 0 bridgehead atoms. The number of hydrogen-bond acceptors (Lipinski definition) is 2. The summed E-state index contributed by atoms with van der Waals surface area (Å²) < 4.78 is 0.952. The molecular weight excluding hydrogens is 282 g/mol. The zero-order chi connectivity index (χ0) is 12.4. The summed E-state index contributed by atoms with van der Waals surface area (Å²) >= 11 is 3.43. The fraction of sp³-hybridized carbons (Fsp3) is 0.385. The maximum absolute atomic E-state index is 12.3. The molecule has 0 aromatic heterocycles. The highest BCUT2D eigenvalue weighted by Gasteiger charge is 2.67. The molecule has 4 heteroatoms. The largest absolute Gasteiger partial charge is 0.314 e. The molecule has 1 aliphatic carbocycles. The Labute approximate surface area is 108 Å². The molecule has 1 amide bonds. The van der Waals surface area contributed by atoms with Crippen molar-refractivity contribution in [2.45, 2.75) is 18.8 Å². The number of anilines is 1. The molecule has 0 radical (unpaired) electrons. The molecule has 0 N–H and O–H groups in total. The van der Waals surface area contributed by atoms with Gasteiger partial charge in [0.05, 0.1) is 5.41 Å². The van der Waals surface area contributed by atoms with Gasteiger partial charge in [-0.2, -0.15) is 0 Å². The number of fused-ring (bicyclic) bond motifs is 2. The van der Waals surface area contributed by atoms with Gasteiger partial charge in [0.15, 0.2) is 0 Å². The van der Waals surface area contributed by atoms with Gasteiger partial charge in [0.25, 0.3) is 0 Å². The van der Waals surface area contributed by atoms with Crippen molar-refractivity contribution in [1.29, 1.82) is 0 Å². The monoisotopic (exact) mass is 293 g/mol. The van der Waals surface area contributed by atoms with Crippen LogP contribution in [0.3, 0.4) is 0 Å². The summed E-state index contributed by atoms with van der Waals surface area (Å²) in [6.07, 6.45) is 0.662. The lowest BCUT2D eigenvalue weighted by Gasteiger charge is -2.10. The molecule has 0 unspecified atom stereocenters. The number of rotatable bonds is 1. The van der Waals surface area contributed by atoms with Crippen molar-refractivity contribution < 1.29 is 9.59 Å². The zero-order valence-corrected chi connectivity index (χ0v) is 11.2. The molecule has 3 rings (SSSR count). The molecule has 2 aliphatic rings. The van der Waals surface area contributed by atoms with Gasteiger partial charge in [-0.25, -0.2) is 0 Å². The highest BCUT2D eigenvalue weighted by Crippen LogP contribution is 2.61. The van der Waals surface area contributed by atoms with E-state index in [-0.39, 0.29) is 17.6 Å². The number of Topliss-reactive ketones (excluding diaryl/α,β-unsaturated/α-hetero) is 1. The minimum Gasteiger partial charge on any atom is -0.314 e. The minimum absolute atomic E-state index is 0.0609. The van der Waals surface area contributed by atoms with E-state index >= 15 is 0 Å². The lowest BCUT2D eigenvalue weighted by atomic mass is 9.94. The van der Waals surface area contributed by atoms with E-state index in [4.69, 9.17) is 0 Å². The molecule has 1 aromatic carbocycles. The predicted molar refractivity (Wildman–Crippen MR) is 68.0 cm³/mol. The predicted octanol–water partition coefficient (Wildman–Crippen LogP) is 2.27. The molecule has 0 saturated heterocycles. The van der Waals surface area contributed by atoms with Gasteiger partial charge in [-0.3, -0.25) is 9.59 Å². The van der Waals surface area contributed by atoms with Crippen molar-refractivity contribution in [3.63, 3.8) is 0 Å². The number of amides is 1. The molecule has 1 saturated carbocycles. The molecule has 1 heterocycles. The third kappa shape index (κ3) is 1.22. The van der Waals surface area contributed by atoms with Crippen LogP contribution >= 0.6 is 15.9 Å². The fourth-order valence-electron chi connectivity index (χ4n) is 2.97. The number of nitrogens with zero attached hydrogens (tertiary/aromatic N) is 1. The van der Waals surface area contributed by atoms with Gasteiger partial charge in [-0.15, -0.1) is 0 Å². The summed E-state index contributed by atoms with van der Waals surface area (Å²) in [5, 5.41) is 0. The number of ketones is 1. The molecule has 2 atom stereocenters. The van der Waals surface area contributed by atoms with Crippen molar-refractivity contribution in [2.24, 2.45) is 5.92 Å². The molecule has 1 aliphatic heterocycles. The summed E-state index contributed by atoms with van der Waals surface area (Å²) in [6, 6.07) is 5.83. The van der Waals surface area contributed by atoms with Crippen LogP contribution in [-0.2, 0) is 15.0 Å². The Morgan fingerprint density at radius 3 is 2.82 bits per heavy atom. The van der Waals surface area contributed by atoms with Gasteiger partial charge in [0, 0.05) is 23.1 Å². The number of hydrogen-bond donors (Lipinski definition) is 0. The van der Waals surface area contributed by atoms with E-state index in [0.29, 0.717) is 6.42 Å². The third-order valence-corrected chi connectivity index (χ3v) is 4.43. The Kier molecular flexibility index (Phi) is 2.06. The number of likely N-dealkylation sites (N-methyl/N-ethyl adjacent to an activating group) is 1. The van der Waals surface area contributed by atoms with Crippen LogP contribution in [0.25, 0.3) is 0 Å². The van der Waals surface area contributed by atoms with Gasteiger partial charge in [-0.05, 0) is 37.1 Å². The van der Waals surface area contributed by atoms with Crippen LogP contribution in [0.1, 0.15) is 18.9 Å². The molecule has 17 heavy (non-hydrogen) atoms. The van der Waals surface area contributed by atoms with Crippen molar-refractivity contribution in [1.82, 2.24) is 0 Å². The van der Waals surface area contributed by atoms with E-state index in [0.717, 1.165) is 15.7 Å². The first kappa shape index (κ1) is 11.0. The standard InChI is InChI=1S/C13H12BrNO2/c1-7(16)10-6-13(10)9-5-8(14)3-4-11(9)15(2)12(13)17/h3-5,10H,6H2,1-2H3/t10-,13+/m0/s1. The van der Waals surface area contributed by atoms with Crippen molar-refractivity contribution in [3.05, 3.63) is 28.2 Å². The van der Waals surface area contributed by atoms with E-state index in [1.54, 1.807) is 18.9 Å². The van der Waals surface area contributed by atoms with Crippen molar-refractivity contribution in [2.75, 3.05) is 11.9 Å². The van der Waals surface area contributed by atoms with Gasteiger partial charge in [0.2, 0.25) is 5.91 Å². The number of carbonyl (C=O) groups excluding carboxylic acids is 2. The second-order valence-electron chi connectivity index (χ2n) is 4.86. The summed E-state index contributed by atoms with van der Waals surface area (Å²) in [4.78, 5) is 25.5. The van der Waals surface area contributed by atoms with E-state index in [9.17, 15) is 9.59 Å². The fourth-order valence-corrected chi connectivity index (χ4v) is 3.33. The van der Waals surface area contributed by atoms with E-state index < -0.39 is 5.41 Å². The van der Waals surface area contributed by atoms with Crippen LogP contribution in [0.15, 0.2) is 22.7 Å². The smallest absolute Gasteiger partial charge is 0.238 e. The molecule has 1 fully saturated rings. The average molecular weight is 294 g/mol. The number of carbonyl (C=O) groups is 2. The van der Waals surface area contributed by atoms with Crippen molar-refractivity contribution in [3.8, 4) is 0 Å². The Hall–Kier alpha value is -1.16. The van der Waals surface area contributed by atoms with Gasteiger partial charge < -0.3 is 4.90 Å². The summed E-state index contributed by atoms with van der Waals surface area (Å²) in [5.41, 5.74) is 1.38. The van der Waals surface area contributed by atoms with Crippen molar-refractivity contribution >= 4 is 33.3 Å². The second-order valence-corrected chi connectivity index (χ2v) is 5.78. The van der Waals surface area contributed by atoms with E-state index in [1.807, 2.05) is 18.2 Å². The van der Waals surface area contributed by atoms with Crippen LogP contribution < -0.4 is 4.90 Å². The first-order valence-electron chi connectivity index (χ1n) is 5.57. The van der Waals surface area contributed by atoms with Gasteiger partial charge >= 0.3 is 0 Å². The number of halogens is 1. The Morgan fingerprint density at radius 1 is 1.53 bits per heavy atom. The Balaban J connectivity index is 2.18. The summed E-state index contributed by atoms with van der Waals surface area (Å²) in [6.45, 7) is 1.57. The first-order chi connectivity index (χ1) is 7.98. The first-order valence-corrected chi connectivity index (χ1v) is 6.36. The van der Waals surface area contributed by atoms with Crippen LogP contribution in [-0.4, -0.2) is 18.7 Å². The minimum atomic E-state index is -0.556. The molecule has 88 valence electrons. The molecule has 1 spiro atoms.